The van der Waals surface area contributed by atoms with Crippen molar-refractivity contribution in [3.05, 3.63) is 241 Å². The first kappa shape index (κ1) is 54.2. The quantitative estimate of drug-likeness (QED) is 0.0843. The number of benzene rings is 7. The molecular weight excluding hydrogens is 1040 g/mol. The van der Waals surface area contributed by atoms with Crippen LogP contribution in [0.3, 0.4) is 0 Å². The maximum atomic E-state index is 2.85. The summed E-state index contributed by atoms with van der Waals surface area (Å²) in [5.41, 5.74) is 30.1. The fourth-order valence-electron chi connectivity index (χ4n) is 12.8. The number of rotatable bonds is 13. The molecule has 76 heavy (non-hydrogen) atoms. The summed E-state index contributed by atoms with van der Waals surface area (Å²) in [5.74, 6) is 0.313. The van der Waals surface area contributed by atoms with E-state index in [-0.39, 0.29) is 17.5 Å². The molecule has 0 saturated heterocycles. The summed E-state index contributed by atoms with van der Waals surface area (Å²) in [6.45, 7) is 38.0. The van der Waals surface area contributed by atoms with Crippen LogP contribution in [0.5, 0.6) is 0 Å². The molecule has 0 bridgehead atoms. The third-order valence-electron chi connectivity index (χ3n) is 17.3. The molecule has 0 spiro atoms. The van der Waals surface area contributed by atoms with Crippen molar-refractivity contribution in [3.8, 4) is 0 Å². The highest BCUT2D eigenvalue weighted by atomic mass is 127. The van der Waals surface area contributed by atoms with Crippen LogP contribution in [0.1, 0.15) is 95.8 Å². The third-order valence-corrected chi connectivity index (χ3v) is 18.0. The van der Waals surface area contributed by atoms with Crippen LogP contribution in [-0.2, 0) is 0 Å². The molecule has 4 nitrogen and oxygen atoms in total. The second kappa shape index (κ2) is 21.8. The number of nitrogens with zero attached hydrogens (tertiary/aromatic N) is 4. The third kappa shape index (κ3) is 9.56. The molecule has 7 aromatic carbocycles. The van der Waals surface area contributed by atoms with Crippen LogP contribution < -0.4 is 19.6 Å². The molecular formula is C71H79IN4. The molecule has 3 atom stereocenters. The maximum absolute atomic E-state index is 2.85. The van der Waals surface area contributed by atoms with Crippen LogP contribution in [0.2, 0.25) is 0 Å². The van der Waals surface area contributed by atoms with E-state index < -0.39 is 0 Å². The standard InChI is InChI=1S/C71H79IN4/c1-44-28-25-36-60(40-44)73(58-32-19-17-20-33-58)65-48(5)52(9)67(53(10)49(65)6)76(68-54(11)50(7)66(51(8)55(68)12)75(62-38-27-30-46(3)42-62)64-39-24-23-31-47(64)4)70-57(14)56(13)69(63(43-72)71(70,15)16)74(59-34-21-18-22-35-59)61-37-26-29-45(2)41-61/h17-42,47,64,70H,43H2,1-16H3. The van der Waals surface area contributed by atoms with Gasteiger partial charge in [-0.1, -0.05) is 140 Å². The summed E-state index contributed by atoms with van der Waals surface area (Å²) in [6, 6.07) is 49.1. The Hall–Kier alpha value is -6.57. The predicted molar refractivity (Wildman–Crippen MR) is 339 cm³/mol. The van der Waals surface area contributed by atoms with Crippen LogP contribution >= 0.6 is 22.6 Å². The van der Waals surface area contributed by atoms with Gasteiger partial charge in [0.1, 0.15) is 0 Å². The molecule has 0 radical (unpaired) electrons. The highest BCUT2D eigenvalue weighted by Crippen LogP contribution is 2.57. The van der Waals surface area contributed by atoms with Crippen molar-refractivity contribution in [2.75, 3.05) is 24.0 Å². The van der Waals surface area contributed by atoms with Gasteiger partial charge in [-0.05, 0) is 235 Å². The number of para-hydroxylation sites is 2. The molecule has 0 saturated carbocycles. The summed E-state index contributed by atoms with van der Waals surface area (Å²) < 4.78 is 0.865. The van der Waals surface area contributed by atoms with Gasteiger partial charge in [0.2, 0.25) is 0 Å². The van der Waals surface area contributed by atoms with Gasteiger partial charge in [-0.15, -0.1) is 0 Å². The van der Waals surface area contributed by atoms with Crippen molar-refractivity contribution in [1.82, 2.24) is 0 Å². The number of hydrogen-bond donors (Lipinski definition) is 0. The molecule has 0 aliphatic heterocycles. The zero-order valence-electron chi connectivity index (χ0n) is 48.1. The van der Waals surface area contributed by atoms with E-state index in [9.17, 15) is 0 Å². The Labute approximate surface area is 470 Å². The van der Waals surface area contributed by atoms with E-state index in [1.165, 1.54) is 118 Å². The largest absolute Gasteiger partial charge is 0.333 e. The van der Waals surface area contributed by atoms with Gasteiger partial charge in [-0.25, -0.2) is 0 Å². The number of allylic oxidation sites excluding steroid dienone is 3. The van der Waals surface area contributed by atoms with Gasteiger partial charge in [0.15, 0.2) is 0 Å². The molecule has 0 heterocycles. The lowest BCUT2D eigenvalue weighted by Crippen LogP contribution is -2.50. The van der Waals surface area contributed by atoms with Gasteiger partial charge in [-0.3, -0.25) is 0 Å². The van der Waals surface area contributed by atoms with Crippen LogP contribution in [0.15, 0.2) is 180 Å². The Bertz CT molecular complexity index is 3410. The van der Waals surface area contributed by atoms with Crippen molar-refractivity contribution in [3.63, 3.8) is 0 Å². The second-order valence-corrected chi connectivity index (χ2v) is 23.3. The van der Waals surface area contributed by atoms with E-state index in [1.807, 2.05) is 0 Å². The van der Waals surface area contributed by atoms with Crippen LogP contribution in [0, 0.1) is 87.5 Å². The highest BCUT2D eigenvalue weighted by Gasteiger charge is 2.47. The minimum absolute atomic E-state index is 0.0541. The minimum Gasteiger partial charge on any atom is -0.333 e. The lowest BCUT2D eigenvalue weighted by molar-refractivity contribution is 0.367. The first-order chi connectivity index (χ1) is 36.3. The van der Waals surface area contributed by atoms with E-state index in [0.717, 1.165) is 21.5 Å². The monoisotopic (exact) mass is 1110 g/mol. The second-order valence-electron chi connectivity index (χ2n) is 22.5. The van der Waals surface area contributed by atoms with E-state index in [1.54, 1.807) is 0 Å². The Balaban J connectivity index is 1.37. The molecule has 2 aliphatic carbocycles. The van der Waals surface area contributed by atoms with Crippen molar-refractivity contribution < 1.29 is 0 Å². The Morgan fingerprint density at radius 2 is 0.803 bits per heavy atom. The number of anilines is 9. The Morgan fingerprint density at radius 3 is 1.25 bits per heavy atom. The number of alkyl halides is 1. The molecule has 390 valence electrons. The highest BCUT2D eigenvalue weighted by molar-refractivity contribution is 14.1. The Morgan fingerprint density at radius 1 is 0.421 bits per heavy atom. The molecule has 0 amide bonds. The molecule has 0 N–H and O–H groups in total. The van der Waals surface area contributed by atoms with E-state index in [0.29, 0.717) is 5.92 Å². The fourth-order valence-corrected chi connectivity index (χ4v) is 14.1. The molecule has 0 aromatic heterocycles. The summed E-state index contributed by atoms with van der Waals surface area (Å²) in [6.07, 6.45) is 9.20. The summed E-state index contributed by atoms with van der Waals surface area (Å²) in [4.78, 5) is 10.5. The normalized spacial score (nSPS) is 17.1. The lowest BCUT2D eigenvalue weighted by atomic mass is 9.67. The topological polar surface area (TPSA) is 13.0 Å². The molecule has 7 aromatic rings. The molecule has 3 unspecified atom stereocenters. The van der Waals surface area contributed by atoms with Crippen LogP contribution in [0.4, 0.5) is 51.2 Å². The number of hydrogen-bond acceptors (Lipinski definition) is 4. The molecule has 5 heteroatoms. The van der Waals surface area contributed by atoms with E-state index in [2.05, 4.69) is 311 Å². The smallest absolute Gasteiger partial charge is 0.0644 e. The number of halogens is 1. The molecule has 2 aliphatic rings. The predicted octanol–water partition coefficient (Wildman–Crippen LogP) is 20.2. The molecule has 0 fully saturated rings. The average molecular weight is 1120 g/mol. The SMILES string of the molecule is CC1=C(C)C(N(c2c(C)c(C)c(N(c3ccccc3)c3cccc(C)c3)c(C)c2C)c2c(C)c(C)c(N(c3cccc(C)c3)C3C=CC=CC3C)c(C)c2C)C(C)(C)C(CI)=C1N(c1ccccc1)c1cccc(C)c1. The Kier molecular flexibility index (Phi) is 15.6. The first-order valence-corrected chi connectivity index (χ1v) is 28.8. The zero-order chi connectivity index (χ0) is 54.5. The van der Waals surface area contributed by atoms with Gasteiger partial charge < -0.3 is 19.6 Å². The van der Waals surface area contributed by atoms with Crippen LogP contribution in [0.25, 0.3) is 0 Å². The summed E-state index contributed by atoms with van der Waals surface area (Å²) in [5, 5.41) is 0. The van der Waals surface area contributed by atoms with Gasteiger partial charge in [-0.2, -0.15) is 0 Å². The van der Waals surface area contributed by atoms with Crippen molar-refractivity contribution in [2.24, 2.45) is 11.3 Å². The van der Waals surface area contributed by atoms with Gasteiger partial charge in [0.25, 0.3) is 0 Å². The average Bonchev–Trinajstić information content (AvgIpc) is 3.55. The van der Waals surface area contributed by atoms with Gasteiger partial charge in [0, 0.05) is 61.0 Å². The summed E-state index contributed by atoms with van der Waals surface area (Å²) >= 11 is 2.67. The maximum Gasteiger partial charge on any atom is 0.0644 e. The first-order valence-electron chi connectivity index (χ1n) is 27.3. The van der Waals surface area contributed by atoms with Crippen molar-refractivity contribution in [2.45, 2.75) is 123 Å². The zero-order valence-corrected chi connectivity index (χ0v) is 50.3. The van der Waals surface area contributed by atoms with Crippen molar-refractivity contribution >= 4 is 73.8 Å². The molecule has 9 rings (SSSR count). The van der Waals surface area contributed by atoms with Gasteiger partial charge in [0.05, 0.1) is 17.8 Å². The van der Waals surface area contributed by atoms with Crippen LogP contribution in [-0.4, -0.2) is 16.5 Å². The minimum atomic E-state index is -0.365. The number of aryl methyl sites for hydroxylation is 3. The van der Waals surface area contributed by atoms with E-state index >= 15 is 0 Å². The van der Waals surface area contributed by atoms with Crippen molar-refractivity contribution in [1.29, 1.82) is 0 Å². The van der Waals surface area contributed by atoms with E-state index in [4.69, 9.17) is 0 Å². The van der Waals surface area contributed by atoms with Gasteiger partial charge >= 0.3 is 0 Å². The fraction of sp³-hybridized carbons (Fsp3) is 0.296. The lowest BCUT2D eigenvalue weighted by Gasteiger charge is -2.52. The summed E-state index contributed by atoms with van der Waals surface area (Å²) in [7, 11) is 0.